The van der Waals surface area contributed by atoms with Crippen LogP contribution in [0.25, 0.3) is 10.9 Å². The minimum Gasteiger partial charge on any atom is -0.497 e. The molecule has 2 aromatic carbocycles. The third-order valence-corrected chi connectivity index (χ3v) is 5.52. The van der Waals surface area contributed by atoms with Crippen molar-refractivity contribution >= 4 is 34.1 Å². The monoisotopic (exact) mass is 474 g/mol. The number of ether oxygens (including phenoxy) is 2. The van der Waals surface area contributed by atoms with Gasteiger partial charge in [0.15, 0.2) is 17.4 Å². The maximum absolute atomic E-state index is 11.4. The van der Waals surface area contributed by atoms with Gasteiger partial charge in [-0.3, -0.25) is 9.89 Å². The average molecular weight is 475 g/mol. The van der Waals surface area contributed by atoms with E-state index in [1.54, 1.807) is 20.4 Å². The topological polar surface area (TPSA) is 114 Å². The molecule has 1 saturated carbocycles. The lowest BCUT2D eigenvalue weighted by atomic mass is 10.2. The van der Waals surface area contributed by atoms with E-state index in [4.69, 9.17) is 9.47 Å². The Morgan fingerprint density at radius 2 is 1.77 bits per heavy atom. The number of hydrogen-bond acceptors (Lipinski definition) is 7. The Hall–Kier alpha value is -4.14. The summed E-state index contributed by atoms with van der Waals surface area (Å²) in [4.78, 5) is 20.2. The first-order valence-corrected chi connectivity index (χ1v) is 11.5. The zero-order chi connectivity index (χ0) is 24.8. The largest absolute Gasteiger partial charge is 0.497 e. The normalized spacial score (nSPS) is 12.6. The standard InChI is InChI=1S/C15H17N5O.C11H13NO2/c1-9(2)13-16-8-12(21-3)15(17-13)18-14-10-6-4-5-7-11(10)19-20-14;1-14-10-6-4-9(5-7-10)12-11(13)8-2-3-8/h4-9H,1-3H3,(H2,16,17,18,19,20);4-8H,2-3H2,1H3,(H,12,13). The van der Waals surface area contributed by atoms with Crippen LogP contribution in [0.15, 0.2) is 54.7 Å². The van der Waals surface area contributed by atoms with Gasteiger partial charge in [-0.2, -0.15) is 5.10 Å². The number of nitrogens with zero attached hydrogens (tertiary/aromatic N) is 3. The number of aromatic nitrogens is 4. The maximum atomic E-state index is 11.4. The molecular formula is C26H30N6O3. The van der Waals surface area contributed by atoms with Gasteiger partial charge in [0.25, 0.3) is 0 Å². The van der Waals surface area contributed by atoms with Crippen molar-refractivity contribution < 1.29 is 14.3 Å². The molecule has 9 nitrogen and oxygen atoms in total. The molecule has 1 amide bonds. The minimum absolute atomic E-state index is 0.134. The third-order valence-electron chi connectivity index (χ3n) is 5.52. The Balaban J connectivity index is 0.000000179. The summed E-state index contributed by atoms with van der Waals surface area (Å²) in [5.41, 5.74) is 1.81. The van der Waals surface area contributed by atoms with E-state index in [-0.39, 0.29) is 17.7 Å². The Morgan fingerprint density at radius 3 is 2.43 bits per heavy atom. The van der Waals surface area contributed by atoms with Gasteiger partial charge in [0, 0.05) is 22.9 Å². The summed E-state index contributed by atoms with van der Waals surface area (Å²) in [6, 6.07) is 15.3. The molecule has 0 spiro atoms. The lowest BCUT2D eigenvalue weighted by Gasteiger charge is -2.11. The van der Waals surface area contributed by atoms with Crippen LogP contribution in [0.4, 0.5) is 17.3 Å². The average Bonchev–Trinajstić information content (AvgIpc) is 3.66. The summed E-state index contributed by atoms with van der Waals surface area (Å²) in [5.74, 6) is 4.12. The van der Waals surface area contributed by atoms with E-state index in [0.717, 1.165) is 46.8 Å². The fourth-order valence-electron chi connectivity index (χ4n) is 3.34. The van der Waals surface area contributed by atoms with E-state index < -0.39 is 0 Å². The molecule has 1 aliphatic rings. The number of rotatable bonds is 7. The Morgan fingerprint density at radius 1 is 1.03 bits per heavy atom. The van der Waals surface area contributed by atoms with Crippen LogP contribution >= 0.6 is 0 Å². The first kappa shape index (κ1) is 24.0. The quantitative estimate of drug-likeness (QED) is 0.334. The second kappa shape index (κ2) is 10.9. The van der Waals surface area contributed by atoms with Crippen molar-refractivity contribution in [3.63, 3.8) is 0 Å². The first-order valence-electron chi connectivity index (χ1n) is 11.5. The minimum atomic E-state index is 0.134. The van der Waals surface area contributed by atoms with Gasteiger partial charge < -0.3 is 20.1 Å². The van der Waals surface area contributed by atoms with Crippen LogP contribution in [0, 0.1) is 5.92 Å². The molecule has 2 aromatic heterocycles. The molecule has 0 aliphatic heterocycles. The molecule has 2 heterocycles. The number of anilines is 3. The fraction of sp³-hybridized carbons (Fsp3) is 0.308. The van der Waals surface area contributed by atoms with Gasteiger partial charge in [-0.25, -0.2) is 9.97 Å². The van der Waals surface area contributed by atoms with Gasteiger partial charge in [0.2, 0.25) is 5.91 Å². The zero-order valence-corrected chi connectivity index (χ0v) is 20.3. The summed E-state index contributed by atoms with van der Waals surface area (Å²) < 4.78 is 10.3. The Bertz CT molecular complexity index is 1280. The van der Waals surface area contributed by atoms with Crippen molar-refractivity contribution in [3.05, 3.63) is 60.6 Å². The lowest BCUT2D eigenvalue weighted by Crippen LogP contribution is -2.12. The highest BCUT2D eigenvalue weighted by Gasteiger charge is 2.29. The number of hydrogen-bond donors (Lipinski definition) is 3. The number of fused-ring (bicyclic) bond motifs is 1. The van der Waals surface area contributed by atoms with Crippen LogP contribution in [-0.4, -0.2) is 40.3 Å². The summed E-state index contributed by atoms with van der Waals surface area (Å²) in [7, 11) is 3.22. The van der Waals surface area contributed by atoms with Crippen molar-refractivity contribution in [1.29, 1.82) is 0 Å². The Labute approximate surface area is 204 Å². The van der Waals surface area contributed by atoms with Crippen molar-refractivity contribution in [2.24, 2.45) is 5.92 Å². The SMILES string of the molecule is COc1ccc(NC(=O)C2CC2)cc1.COc1cnc(C(C)C)nc1Nc1n[nH]c2ccccc12. The Kier molecular flexibility index (Phi) is 7.45. The smallest absolute Gasteiger partial charge is 0.227 e. The van der Waals surface area contributed by atoms with Crippen LogP contribution < -0.4 is 20.1 Å². The first-order chi connectivity index (χ1) is 17.0. The molecule has 0 unspecified atom stereocenters. The predicted octanol–water partition coefficient (Wildman–Crippen LogP) is 5.27. The molecule has 3 N–H and O–H groups in total. The summed E-state index contributed by atoms with van der Waals surface area (Å²) in [6.07, 6.45) is 3.74. The number of benzene rings is 2. The summed E-state index contributed by atoms with van der Waals surface area (Å²) in [5, 5.41) is 14.4. The van der Waals surface area contributed by atoms with E-state index in [9.17, 15) is 4.79 Å². The van der Waals surface area contributed by atoms with E-state index in [1.807, 2.05) is 48.5 Å². The molecule has 9 heteroatoms. The van der Waals surface area contributed by atoms with E-state index in [0.29, 0.717) is 11.6 Å². The molecule has 182 valence electrons. The molecule has 0 atom stereocenters. The van der Waals surface area contributed by atoms with Gasteiger partial charge in [-0.1, -0.05) is 26.0 Å². The number of nitrogens with one attached hydrogen (secondary N) is 3. The van der Waals surface area contributed by atoms with Crippen LogP contribution in [0.5, 0.6) is 11.5 Å². The van der Waals surface area contributed by atoms with Crippen molar-refractivity contribution in [2.45, 2.75) is 32.6 Å². The van der Waals surface area contributed by atoms with Crippen LogP contribution in [0.1, 0.15) is 38.4 Å². The highest BCUT2D eigenvalue weighted by Crippen LogP contribution is 2.30. The zero-order valence-electron chi connectivity index (χ0n) is 20.3. The number of amides is 1. The third kappa shape index (κ3) is 6.06. The van der Waals surface area contributed by atoms with Gasteiger partial charge in [0.05, 0.1) is 25.9 Å². The van der Waals surface area contributed by atoms with Crippen LogP contribution in [-0.2, 0) is 4.79 Å². The van der Waals surface area contributed by atoms with Gasteiger partial charge in [-0.15, -0.1) is 0 Å². The molecule has 1 aliphatic carbocycles. The number of carbonyl (C=O) groups excluding carboxylic acids is 1. The van der Waals surface area contributed by atoms with Crippen LogP contribution in [0.3, 0.4) is 0 Å². The highest BCUT2D eigenvalue weighted by atomic mass is 16.5. The van der Waals surface area contributed by atoms with Gasteiger partial charge >= 0.3 is 0 Å². The van der Waals surface area contributed by atoms with Crippen molar-refractivity contribution in [1.82, 2.24) is 20.2 Å². The van der Waals surface area contributed by atoms with E-state index in [1.165, 1.54) is 0 Å². The van der Waals surface area contributed by atoms with Gasteiger partial charge in [0.1, 0.15) is 11.6 Å². The fourth-order valence-corrected chi connectivity index (χ4v) is 3.34. The number of H-pyrrole nitrogens is 1. The lowest BCUT2D eigenvalue weighted by molar-refractivity contribution is -0.117. The molecule has 0 bridgehead atoms. The molecular weight excluding hydrogens is 444 g/mol. The molecule has 4 aromatic rings. The number of carbonyl (C=O) groups is 1. The number of aromatic amines is 1. The summed E-state index contributed by atoms with van der Waals surface area (Å²) >= 11 is 0. The number of methoxy groups -OCH3 is 2. The van der Waals surface area contributed by atoms with Crippen LogP contribution in [0.2, 0.25) is 0 Å². The van der Waals surface area contributed by atoms with Crippen molar-refractivity contribution in [2.75, 3.05) is 24.9 Å². The van der Waals surface area contributed by atoms with E-state index in [2.05, 4.69) is 44.6 Å². The second-order valence-electron chi connectivity index (χ2n) is 8.53. The van der Waals surface area contributed by atoms with E-state index >= 15 is 0 Å². The predicted molar refractivity (Wildman–Crippen MR) is 136 cm³/mol. The number of para-hydroxylation sites is 1. The molecule has 5 rings (SSSR count). The maximum Gasteiger partial charge on any atom is 0.227 e. The molecule has 0 radical (unpaired) electrons. The molecule has 0 saturated heterocycles. The van der Waals surface area contributed by atoms with Gasteiger partial charge in [-0.05, 0) is 49.2 Å². The molecule has 35 heavy (non-hydrogen) atoms. The second-order valence-corrected chi connectivity index (χ2v) is 8.53. The summed E-state index contributed by atoms with van der Waals surface area (Å²) in [6.45, 7) is 4.10. The van der Waals surface area contributed by atoms with Crippen molar-refractivity contribution in [3.8, 4) is 11.5 Å². The molecule has 1 fully saturated rings. The highest BCUT2D eigenvalue weighted by molar-refractivity contribution is 5.94.